The van der Waals surface area contributed by atoms with Crippen LogP contribution < -0.4 is 0 Å². The van der Waals surface area contributed by atoms with E-state index in [2.05, 4.69) is 34.2 Å². The number of likely N-dealkylation sites (tertiary alicyclic amines) is 2. The summed E-state index contributed by atoms with van der Waals surface area (Å²) in [5, 5.41) is 2.24. The Kier molecular flexibility index (Phi) is 5.96. The van der Waals surface area contributed by atoms with E-state index in [9.17, 15) is 0 Å². The summed E-state index contributed by atoms with van der Waals surface area (Å²) in [6, 6.07) is 5.30. The van der Waals surface area contributed by atoms with Gasteiger partial charge in [-0.05, 0) is 80.9 Å². The number of ether oxygens (including phenoxy) is 2. The lowest BCUT2D eigenvalue weighted by Gasteiger charge is -2.39. The van der Waals surface area contributed by atoms with Crippen LogP contribution in [0.15, 0.2) is 17.5 Å². The molecule has 2 fully saturated rings. The highest BCUT2D eigenvalue weighted by Crippen LogP contribution is 2.45. The molecule has 0 radical (unpaired) electrons. The van der Waals surface area contributed by atoms with Gasteiger partial charge in [0.2, 0.25) is 0 Å². The van der Waals surface area contributed by atoms with Crippen molar-refractivity contribution in [3.63, 3.8) is 0 Å². The summed E-state index contributed by atoms with van der Waals surface area (Å²) < 4.78 is 12.9. The van der Waals surface area contributed by atoms with Gasteiger partial charge in [0.1, 0.15) is 0 Å². The summed E-state index contributed by atoms with van der Waals surface area (Å²) >= 11 is 3.93. The largest absolute Gasteiger partial charge is 0.372 e. The van der Waals surface area contributed by atoms with Crippen molar-refractivity contribution in [2.24, 2.45) is 0 Å². The molecule has 4 aliphatic rings. The van der Waals surface area contributed by atoms with E-state index in [-0.39, 0.29) is 12.2 Å². The summed E-state index contributed by atoms with van der Waals surface area (Å²) in [7, 11) is 0. The fourth-order valence-corrected chi connectivity index (χ4v) is 8.37. The number of rotatable bonds is 5. The monoisotopic (exact) mass is 458 g/mol. The van der Waals surface area contributed by atoms with Gasteiger partial charge in [-0.2, -0.15) is 0 Å². The zero-order chi connectivity index (χ0) is 20.8. The van der Waals surface area contributed by atoms with Gasteiger partial charge in [0, 0.05) is 46.1 Å². The van der Waals surface area contributed by atoms with Crippen molar-refractivity contribution in [2.75, 3.05) is 45.9 Å². The van der Waals surface area contributed by atoms with Crippen molar-refractivity contribution in [2.45, 2.75) is 63.2 Å². The van der Waals surface area contributed by atoms with E-state index in [4.69, 9.17) is 9.47 Å². The normalized spacial score (nSPS) is 31.8. The minimum Gasteiger partial charge on any atom is -0.372 e. The van der Waals surface area contributed by atoms with Crippen LogP contribution in [0.5, 0.6) is 0 Å². The second-order valence-corrected chi connectivity index (χ2v) is 12.0. The van der Waals surface area contributed by atoms with Crippen molar-refractivity contribution in [1.29, 1.82) is 0 Å². The van der Waals surface area contributed by atoms with E-state index >= 15 is 0 Å². The van der Waals surface area contributed by atoms with Gasteiger partial charge in [-0.3, -0.25) is 4.90 Å². The molecule has 31 heavy (non-hydrogen) atoms. The predicted molar refractivity (Wildman–Crippen MR) is 127 cm³/mol. The first-order chi connectivity index (χ1) is 15.3. The van der Waals surface area contributed by atoms with E-state index < -0.39 is 0 Å². The molecule has 2 saturated heterocycles. The highest BCUT2D eigenvalue weighted by atomic mass is 32.1. The molecule has 0 bridgehead atoms. The molecule has 4 atom stereocenters. The Hall–Kier alpha value is -0.760. The average Bonchev–Trinajstić information content (AvgIpc) is 3.56. The molecule has 4 nitrogen and oxygen atoms in total. The second kappa shape index (κ2) is 8.88. The van der Waals surface area contributed by atoms with Crippen LogP contribution in [0, 0.1) is 6.92 Å². The maximum absolute atomic E-state index is 6.60. The maximum atomic E-state index is 6.60. The van der Waals surface area contributed by atoms with Gasteiger partial charge in [-0.1, -0.05) is 0 Å². The number of fused-ring (bicyclic) bond motifs is 2. The summed E-state index contributed by atoms with van der Waals surface area (Å²) in [6.07, 6.45) is 6.85. The molecular formula is C25H34N2O2S2. The smallest absolute Gasteiger partial charge is 0.0962 e. The van der Waals surface area contributed by atoms with Crippen LogP contribution in [0.25, 0.3) is 0 Å². The Balaban J connectivity index is 1.21. The van der Waals surface area contributed by atoms with Gasteiger partial charge in [0.15, 0.2) is 0 Å². The first kappa shape index (κ1) is 20.8. The highest BCUT2D eigenvalue weighted by Gasteiger charge is 2.41. The van der Waals surface area contributed by atoms with Crippen LogP contribution in [0.3, 0.4) is 0 Å². The minimum absolute atomic E-state index is 0.243. The molecule has 0 spiro atoms. The summed E-state index contributed by atoms with van der Waals surface area (Å²) in [4.78, 5) is 9.92. The molecule has 0 aliphatic carbocycles. The van der Waals surface area contributed by atoms with Crippen LogP contribution in [0.2, 0.25) is 0 Å². The molecule has 0 aromatic carbocycles. The molecule has 6 heterocycles. The van der Waals surface area contributed by atoms with E-state index in [0.717, 1.165) is 32.7 Å². The van der Waals surface area contributed by atoms with Crippen LogP contribution in [0.4, 0.5) is 0 Å². The van der Waals surface area contributed by atoms with Crippen molar-refractivity contribution < 1.29 is 9.47 Å². The number of aryl methyl sites for hydroxylation is 1. The lowest BCUT2D eigenvalue weighted by atomic mass is 9.89. The Morgan fingerprint density at radius 3 is 2.81 bits per heavy atom. The Bertz CT molecular complexity index is 903. The van der Waals surface area contributed by atoms with Gasteiger partial charge in [-0.25, -0.2) is 0 Å². The number of hydrogen-bond acceptors (Lipinski definition) is 6. The van der Waals surface area contributed by atoms with Crippen molar-refractivity contribution in [1.82, 2.24) is 9.80 Å². The fraction of sp³-hybridized carbons (Fsp3) is 0.680. The first-order valence-electron chi connectivity index (χ1n) is 12.1. The van der Waals surface area contributed by atoms with Crippen molar-refractivity contribution in [3.8, 4) is 0 Å². The standard InChI is InChI=1S/C25H34N2O2S2/c1-17-13-19-22(14-26-8-2-3-9-26)29-16-20(25(19)31-17)21-5-4-10-27(21)15-23-18-7-12-30-24(18)6-11-28-23/h7,12-13,20-23H,2-6,8-11,14-16H2,1H3/t20?,21?,22?,23-/m0/s1. The summed E-state index contributed by atoms with van der Waals surface area (Å²) in [5.41, 5.74) is 2.94. The number of thiophene rings is 2. The van der Waals surface area contributed by atoms with E-state index in [1.54, 1.807) is 4.88 Å². The predicted octanol–water partition coefficient (Wildman–Crippen LogP) is 5.15. The van der Waals surface area contributed by atoms with Crippen LogP contribution >= 0.6 is 22.7 Å². The number of nitrogens with zero attached hydrogens (tertiary/aromatic N) is 2. The SMILES string of the molecule is Cc1cc2c(s1)C(C1CCCN1C[C@@H]1OCCc3sccc31)COC2CN1CCCC1. The quantitative estimate of drug-likeness (QED) is 0.619. The van der Waals surface area contributed by atoms with Crippen molar-refractivity contribution >= 4 is 22.7 Å². The molecule has 3 unspecified atom stereocenters. The lowest BCUT2D eigenvalue weighted by Crippen LogP contribution is -2.42. The summed E-state index contributed by atoms with van der Waals surface area (Å²) in [5.74, 6) is 0.511. The molecular weight excluding hydrogens is 424 g/mol. The average molecular weight is 459 g/mol. The van der Waals surface area contributed by atoms with E-state index in [1.165, 1.54) is 66.2 Å². The molecule has 0 saturated carbocycles. The van der Waals surface area contributed by atoms with Gasteiger partial charge in [0.05, 0.1) is 25.4 Å². The van der Waals surface area contributed by atoms with Crippen molar-refractivity contribution in [3.05, 3.63) is 43.3 Å². The molecule has 0 amide bonds. The fourth-order valence-electron chi connectivity index (χ4n) is 6.24. The molecule has 4 aliphatic heterocycles. The molecule has 6 rings (SSSR count). The van der Waals surface area contributed by atoms with E-state index in [0.29, 0.717) is 12.0 Å². The third kappa shape index (κ3) is 4.04. The zero-order valence-electron chi connectivity index (χ0n) is 18.6. The van der Waals surface area contributed by atoms with Crippen LogP contribution in [0.1, 0.15) is 69.6 Å². The Labute approximate surface area is 194 Å². The maximum Gasteiger partial charge on any atom is 0.0962 e. The Morgan fingerprint density at radius 1 is 1.03 bits per heavy atom. The van der Waals surface area contributed by atoms with Gasteiger partial charge in [0.25, 0.3) is 0 Å². The molecule has 6 heteroatoms. The van der Waals surface area contributed by atoms with E-state index in [1.807, 2.05) is 22.7 Å². The molecule has 0 N–H and O–H groups in total. The third-order valence-corrected chi connectivity index (χ3v) is 9.95. The van der Waals surface area contributed by atoms with Gasteiger partial charge < -0.3 is 14.4 Å². The van der Waals surface area contributed by atoms with Crippen LogP contribution in [-0.4, -0.2) is 61.8 Å². The molecule has 2 aromatic heterocycles. The molecule has 2 aromatic rings. The first-order valence-corrected chi connectivity index (χ1v) is 13.8. The lowest BCUT2D eigenvalue weighted by molar-refractivity contribution is -0.0164. The van der Waals surface area contributed by atoms with Crippen LogP contribution in [-0.2, 0) is 15.9 Å². The summed E-state index contributed by atoms with van der Waals surface area (Å²) in [6.45, 7) is 9.79. The topological polar surface area (TPSA) is 24.9 Å². The molecule has 168 valence electrons. The number of hydrogen-bond donors (Lipinski definition) is 0. The zero-order valence-corrected chi connectivity index (χ0v) is 20.2. The minimum atomic E-state index is 0.243. The highest BCUT2D eigenvalue weighted by molar-refractivity contribution is 7.12. The van der Waals surface area contributed by atoms with Gasteiger partial charge in [-0.15, -0.1) is 22.7 Å². The van der Waals surface area contributed by atoms with Gasteiger partial charge >= 0.3 is 0 Å². The third-order valence-electron chi connectivity index (χ3n) is 7.75. The Morgan fingerprint density at radius 2 is 1.90 bits per heavy atom. The second-order valence-electron chi connectivity index (χ2n) is 9.73.